The molecule has 3 N–H and O–H groups in total. The van der Waals surface area contributed by atoms with Crippen LogP contribution in [0.3, 0.4) is 0 Å². The molecular weight excluding hydrogens is 370 g/mol. The lowest BCUT2D eigenvalue weighted by atomic mass is 9.78. The number of hydrogen-bond acceptors (Lipinski definition) is 3. The van der Waals surface area contributed by atoms with Crippen molar-refractivity contribution in [3.05, 3.63) is 23.8 Å². The fourth-order valence-electron chi connectivity index (χ4n) is 4.82. The fraction of sp³-hybridized carbons (Fsp3) is 0.636. The number of rotatable bonds is 3. The van der Waals surface area contributed by atoms with Crippen LogP contribution >= 0.6 is 11.8 Å². The van der Waals surface area contributed by atoms with Crippen molar-refractivity contribution in [1.82, 2.24) is 5.32 Å². The van der Waals surface area contributed by atoms with Gasteiger partial charge in [0.25, 0.3) is 11.8 Å². The van der Waals surface area contributed by atoms with Crippen LogP contribution in [0.15, 0.2) is 23.1 Å². The Morgan fingerprint density at radius 3 is 2.71 bits per heavy atom. The van der Waals surface area contributed by atoms with Gasteiger partial charge in [-0.05, 0) is 55.7 Å². The molecule has 1 aliphatic carbocycles. The summed E-state index contributed by atoms with van der Waals surface area (Å²) in [5, 5.41) is 6.22. The fourth-order valence-corrected chi connectivity index (χ4v) is 6.03. The Balaban J connectivity index is 1.45. The Labute approximate surface area is 172 Å². The lowest BCUT2D eigenvalue weighted by Crippen LogP contribution is -3.17. The van der Waals surface area contributed by atoms with Gasteiger partial charge in [0.2, 0.25) is 5.37 Å². The van der Waals surface area contributed by atoms with Crippen LogP contribution in [0.2, 0.25) is 0 Å². The number of fused-ring (bicyclic) bond motifs is 1. The van der Waals surface area contributed by atoms with E-state index in [4.69, 9.17) is 0 Å². The SMILES string of the molecule is CC1CCCC(NC(=O)c2ccc3c(c2)NC(=O)C([NH+]2CCCCC2)S3)C1C. The Morgan fingerprint density at radius 2 is 1.93 bits per heavy atom. The Kier molecular flexibility index (Phi) is 5.97. The minimum Gasteiger partial charge on any atom is -0.349 e. The number of carbonyl (C=O) groups excluding carboxylic acids is 2. The number of nitrogens with one attached hydrogen (secondary N) is 3. The molecule has 4 atom stereocenters. The summed E-state index contributed by atoms with van der Waals surface area (Å²) < 4.78 is 0. The minimum atomic E-state index is -0.0722. The zero-order chi connectivity index (χ0) is 19.7. The maximum Gasteiger partial charge on any atom is 0.294 e. The average molecular weight is 403 g/mol. The quantitative estimate of drug-likeness (QED) is 0.728. The first kappa shape index (κ1) is 19.8. The maximum absolute atomic E-state index is 12.8. The van der Waals surface area contributed by atoms with Crippen LogP contribution in [-0.4, -0.2) is 36.3 Å². The van der Waals surface area contributed by atoms with E-state index in [0.717, 1.165) is 30.1 Å². The van der Waals surface area contributed by atoms with Gasteiger partial charge in [0.1, 0.15) is 0 Å². The van der Waals surface area contributed by atoms with Gasteiger partial charge in [-0.2, -0.15) is 0 Å². The number of anilines is 1. The van der Waals surface area contributed by atoms with Gasteiger partial charge in [-0.3, -0.25) is 9.59 Å². The summed E-state index contributed by atoms with van der Waals surface area (Å²) in [4.78, 5) is 27.9. The van der Waals surface area contributed by atoms with Gasteiger partial charge in [0, 0.05) is 16.5 Å². The summed E-state index contributed by atoms with van der Waals surface area (Å²) in [7, 11) is 0. The number of amides is 2. The maximum atomic E-state index is 12.8. The highest BCUT2D eigenvalue weighted by Gasteiger charge is 2.36. The van der Waals surface area contributed by atoms with Gasteiger partial charge in [-0.1, -0.05) is 38.5 Å². The predicted octanol–water partition coefficient (Wildman–Crippen LogP) is 2.68. The van der Waals surface area contributed by atoms with Crippen LogP contribution in [0, 0.1) is 11.8 Å². The molecule has 152 valence electrons. The molecular formula is C22H32N3O2S+. The second-order valence-corrected chi connectivity index (χ2v) is 9.91. The molecule has 2 fully saturated rings. The lowest BCUT2D eigenvalue weighted by molar-refractivity contribution is -0.906. The Hall–Kier alpha value is -1.53. The van der Waals surface area contributed by atoms with Crippen LogP contribution in [0.25, 0.3) is 0 Å². The van der Waals surface area contributed by atoms with Crippen LogP contribution < -0.4 is 15.5 Å². The number of piperidine rings is 1. The number of benzene rings is 1. The van der Waals surface area contributed by atoms with Crippen LogP contribution in [-0.2, 0) is 4.79 Å². The summed E-state index contributed by atoms with van der Waals surface area (Å²) in [5.41, 5.74) is 1.41. The first-order chi connectivity index (χ1) is 13.5. The van der Waals surface area contributed by atoms with Crippen molar-refractivity contribution in [1.29, 1.82) is 0 Å². The molecule has 3 aliphatic rings. The van der Waals surface area contributed by atoms with Gasteiger partial charge in [0.15, 0.2) is 0 Å². The molecule has 2 aliphatic heterocycles. The zero-order valence-electron chi connectivity index (χ0n) is 16.9. The standard InChI is InChI=1S/C22H31N3O2S/c1-14-7-6-8-17(15(14)2)23-20(26)16-9-10-19-18(13-16)24-21(27)22(28-19)25-11-4-3-5-12-25/h9-10,13-15,17,22H,3-8,11-12H2,1-2H3,(H,23,26)(H,24,27)/p+1. The molecule has 1 aromatic rings. The van der Waals surface area contributed by atoms with E-state index in [0.29, 0.717) is 17.4 Å². The van der Waals surface area contributed by atoms with Crippen molar-refractivity contribution in [3.8, 4) is 0 Å². The van der Waals surface area contributed by atoms with Gasteiger partial charge >= 0.3 is 0 Å². The summed E-state index contributed by atoms with van der Waals surface area (Å²) >= 11 is 1.65. The number of quaternary nitrogens is 1. The first-order valence-corrected chi connectivity index (χ1v) is 11.7. The Bertz CT molecular complexity index is 747. The zero-order valence-corrected chi connectivity index (χ0v) is 17.7. The van der Waals surface area contributed by atoms with Crippen molar-refractivity contribution in [2.45, 2.75) is 68.7 Å². The topological polar surface area (TPSA) is 62.6 Å². The first-order valence-electron chi connectivity index (χ1n) is 10.8. The van der Waals surface area contributed by atoms with E-state index < -0.39 is 0 Å². The van der Waals surface area contributed by atoms with Crippen molar-refractivity contribution in [3.63, 3.8) is 0 Å². The third-order valence-electron chi connectivity index (χ3n) is 6.87. The van der Waals surface area contributed by atoms with Gasteiger partial charge in [0.05, 0.1) is 18.8 Å². The summed E-state index contributed by atoms with van der Waals surface area (Å²) in [6.07, 6.45) is 7.14. The molecule has 5 nitrogen and oxygen atoms in total. The Morgan fingerprint density at radius 1 is 1.14 bits per heavy atom. The molecule has 2 heterocycles. The van der Waals surface area contributed by atoms with Gasteiger partial charge in [-0.15, -0.1) is 0 Å². The average Bonchev–Trinajstić information content (AvgIpc) is 2.71. The molecule has 1 saturated heterocycles. The van der Waals surface area contributed by atoms with E-state index in [1.54, 1.807) is 11.8 Å². The normalized spacial score (nSPS) is 31.0. The molecule has 0 aromatic heterocycles. The van der Waals surface area contributed by atoms with Crippen molar-refractivity contribution < 1.29 is 14.5 Å². The largest absolute Gasteiger partial charge is 0.349 e. The number of carbonyl (C=O) groups is 2. The lowest BCUT2D eigenvalue weighted by Gasteiger charge is -2.35. The van der Waals surface area contributed by atoms with Crippen molar-refractivity contribution in [2.24, 2.45) is 11.8 Å². The van der Waals surface area contributed by atoms with E-state index in [2.05, 4.69) is 24.5 Å². The molecule has 28 heavy (non-hydrogen) atoms. The number of hydrogen-bond donors (Lipinski definition) is 3. The van der Waals surface area contributed by atoms with Gasteiger partial charge < -0.3 is 15.5 Å². The molecule has 0 spiro atoms. The van der Waals surface area contributed by atoms with E-state index in [1.165, 1.54) is 37.0 Å². The third-order valence-corrected chi connectivity index (χ3v) is 8.27. The summed E-state index contributed by atoms with van der Waals surface area (Å²) in [5.74, 6) is 1.19. The van der Waals surface area contributed by atoms with Crippen LogP contribution in [0.4, 0.5) is 5.69 Å². The summed E-state index contributed by atoms with van der Waals surface area (Å²) in [6, 6.07) is 5.98. The molecule has 0 bridgehead atoms. The highest BCUT2D eigenvalue weighted by molar-refractivity contribution is 8.00. The second-order valence-electron chi connectivity index (χ2n) is 8.76. The second kappa shape index (κ2) is 8.46. The molecule has 1 saturated carbocycles. The van der Waals surface area contributed by atoms with E-state index in [1.807, 2.05) is 18.2 Å². The molecule has 1 aromatic carbocycles. The molecule has 0 radical (unpaired) electrons. The number of likely N-dealkylation sites (tertiary alicyclic amines) is 1. The van der Waals surface area contributed by atoms with E-state index in [9.17, 15) is 9.59 Å². The van der Waals surface area contributed by atoms with E-state index >= 15 is 0 Å². The molecule has 2 amide bonds. The van der Waals surface area contributed by atoms with Gasteiger partial charge in [-0.25, -0.2) is 0 Å². The predicted molar refractivity (Wildman–Crippen MR) is 113 cm³/mol. The van der Waals surface area contributed by atoms with Crippen molar-refractivity contribution >= 4 is 29.3 Å². The van der Waals surface area contributed by atoms with Crippen LogP contribution in [0.1, 0.15) is 62.7 Å². The smallest absolute Gasteiger partial charge is 0.294 e. The third kappa shape index (κ3) is 4.08. The minimum absolute atomic E-state index is 0.0308. The highest BCUT2D eigenvalue weighted by Crippen LogP contribution is 2.35. The summed E-state index contributed by atoms with van der Waals surface area (Å²) in [6.45, 7) is 6.65. The monoisotopic (exact) mass is 402 g/mol. The molecule has 6 heteroatoms. The highest BCUT2D eigenvalue weighted by atomic mass is 32.2. The molecule has 4 unspecified atom stereocenters. The molecule has 4 rings (SSSR count). The number of thioether (sulfide) groups is 1. The van der Waals surface area contributed by atoms with Crippen LogP contribution in [0.5, 0.6) is 0 Å². The van der Waals surface area contributed by atoms with E-state index in [-0.39, 0.29) is 23.2 Å². The van der Waals surface area contributed by atoms with Crippen molar-refractivity contribution in [2.75, 3.05) is 18.4 Å².